The molecule has 1 aromatic carbocycles. The maximum atomic E-state index is 11.6. The molecular formula is C14H17N3O3S. The van der Waals surface area contributed by atoms with Gasteiger partial charge in [0.25, 0.3) is 5.22 Å². The van der Waals surface area contributed by atoms with Crippen LogP contribution in [0.15, 0.2) is 40.0 Å². The average molecular weight is 307 g/mol. The molecule has 1 N–H and O–H groups in total. The third kappa shape index (κ3) is 5.20. The molecule has 0 atom stereocenters. The van der Waals surface area contributed by atoms with Crippen molar-refractivity contribution in [3.63, 3.8) is 0 Å². The molecule has 0 radical (unpaired) electrons. The Morgan fingerprint density at radius 3 is 2.90 bits per heavy atom. The van der Waals surface area contributed by atoms with Gasteiger partial charge < -0.3 is 14.5 Å². The predicted octanol–water partition coefficient (Wildman–Crippen LogP) is 1.98. The first kappa shape index (κ1) is 15.5. The van der Waals surface area contributed by atoms with E-state index in [2.05, 4.69) is 15.5 Å². The lowest BCUT2D eigenvalue weighted by Crippen LogP contribution is -2.26. The van der Waals surface area contributed by atoms with Gasteiger partial charge in [0.1, 0.15) is 0 Å². The number of methoxy groups -OCH3 is 1. The number of hydrogen-bond donors (Lipinski definition) is 1. The van der Waals surface area contributed by atoms with E-state index in [-0.39, 0.29) is 11.7 Å². The lowest BCUT2D eigenvalue weighted by atomic mass is 10.2. The van der Waals surface area contributed by atoms with Crippen LogP contribution in [0.25, 0.3) is 11.5 Å². The SMILES string of the molecule is COCCCNC(=O)CSc1nnc(-c2ccccc2)o1. The number of nitrogens with zero attached hydrogens (tertiary/aromatic N) is 2. The second-order valence-corrected chi connectivity index (χ2v) is 5.15. The highest BCUT2D eigenvalue weighted by molar-refractivity contribution is 7.99. The number of carbonyl (C=O) groups excluding carboxylic acids is 1. The second kappa shape index (κ2) is 8.43. The second-order valence-electron chi connectivity index (χ2n) is 4.22. The number of amides is 1. The Kier molecular flexibility index (Phi) is 6.23. The number of nitrogens with one attached hydrogen (secondary N) is 1. The zero-order chi connectivity index (χ0) is 14.9. The van der Waals surface area contributed by atoms with Crippen molar-refractivity contribution in [2.75, 3.05) is 26.0 Å². The summed E-state index contributed by atoms with van der Waals surface area (Å²) in [6, 6.07) is 9.51. The van der Waals surface area contributed by atoms with Gasteiger partial charge in [-0.3, -0.25) is 4.79 Å². The Morgan fingerprint density at radius 1 is 1.33 bits per heavy atom. The largest absolute Gasteiger partial charge is 0.411 e. The van der Waals surface area contributed by atoms with Crippen molar-refractivity contribution in [2.45, 2.75) is 11.6 Å². The van der Waals surface area contributed by atoms with Crippen LogP contribution < -0.4 is 5.32 Å². The summed E-state index contributed by atoms with van der Waals surface area (Å²) in [5, 5.41) is 11.1. The fourth-order valence-electron chi connectivity index (χ4n) is 1.59. The Labute approximate surface area is 127 Å². The molecule has 0 fully saturated rings. The molecule has 1 amide bonds. The van der Waals surface area contributed by atoms with E-state index in [1.807, 2.05) is 30.3 Å². The van der Waals surface area contributed by atoms with Crippen LogP contribution in [0.5, 0.6) is 0 Å². The molecule has 7 heteroatoms. The van der Waals surface area contributed by atoms with Crippen molar-refractivity contribution in [1.82, 2.24) is 15.5 Å². The van der Waals surface area contributed by atoms with Gasteiger partial charge in [-0.05, 0) is 18.6 Å². The fraction of sp³-hybridized carbons (Fsp3) is 0.357. The zero-order valence-corrected chi connectivity index (χ0v) is 12.6. The first-order chi connectivity index (χ1) is 10.3. The molecule has 0 aliphatic rings. The van der Waals surface area contributed by atoms with E-state index in [9.17, 15) is 4.79 Å². The average Bonchev–Trinajstić information content (AvgIpc) is 2.99. The molecule has 112 valence electrons. The zero-order valence-electron chi connectivity index (χ0n) is 11.7. The van der Waals surface area contributed by atoms with Crippen molar-refractivity contribution in [2.24, 2.45) is 0 Å². The quantitative estimate of drug-likeness (QED) is 0.593. The standard InChI is InChI=1S/C14H17N3O3S/c1-19-9-5-8-15-12(18)10-21-14-17-16-13(20-14)11-6-3-2-4-7-11/h2-4,6-7H,5,8-10H2,1H3,(H,15,18). The maximum absolute atomic E-state index is 11.6. The Morgan fingerprint density at radius 2 is 2.14 bits per heavy atom. The lowest BCUT2D eigenvalue weighted by Gasteiger charge is -2.02. The van der Waals surface area contributed by atoms with Crippen molar-refractivity contribution >= 4 is 17.7 Å². The highest BCUT2D eigenvalue weighted by Gasteiger charge is 2.10. The molecular weight excluding hydrogens is 290 g/mol. The molecule has 2 aromatic rings. The van der Waals surface area contributed by atoms with E-state index in [0.29, 0.717) is 24.3 Å². The van der Waals surface area contributed by atoms with E-state index in [1.54, 1.807) is 7.11 Å². The minimum Gasteiger partial charge on any atom is -0.411 e. The number of ether oxygens (including phenoxy) is 1. The highest BCUT2D eigenvalue weighted by Crippen LogP contribution is 2.22. The molecule has 0 unspecified atom stereocenters. The predicted molar refractivity (Wildman–Crippen MR) is 80.0 cm³/mol. The molecule has 0 aliphatic carbocycles. The van der Waals surface area contributed by atoms with E-state index in [1.165, 1.54) is 11.8 Å². The topological polar surface area (TPSA) is 77.2 Å². The number of benzene rings is 1. The van der Waals surface area contributed by atoms with Gasteiger partial charge in [0, 0.05) is 25.8 Å². The van der Waals surface area contributed by atoms with Crippen LogP contribution in [0.2, 0.25) is 0 Å². The minimum absolute atomic E-state index is 0.0597. The van der Waals surface area contributed by atoms with Crippen LogP contribution in [-0.4, -0.2) is 42.1 Å². The molecule has 0 bridgehead atoms. The van der Waals surface area contributed by atoms with Gasteiger partial charge in [0.05, 0.1) is 5.75 Å². The highest BCUT2D eigenvalue weighted by atomic mass is 32.2. The summed E-state index contributed by atoms with van der Waals surface area (Å²) in [5.74, 6) is 0.651. The van der Waals surface area contributed by atoms with E-state index in [4.69, 9.17) is 9.15 Å². The summed E-state index contributed by atoms with van der Waals surface area (Å²) in [4.78, 5) is 11.6. The van der Waals surface area contributed by atoms with Gasteiger partial charge in [-0.2, -0.15) is 0 Å². The summed E-state index contributed by atoms with van der Waals surface area (Å²) >= 11 is 1.22. The molecule has 1 aromatic heterocycles. The summed E-state index contributed by atoms with van der Waals surface area (Å²) in [6.07, 6.45) is 0.797. The van der Waals surface area contributed by atoms with Crippen LogP contribution in [0.4, 0.5) is 0 Å². The van der Waals surface area contributed by atoms with Gasteiger partial charge in [-0.1, -0.05) is 30.0 Å². The molecule has 6 nitrogen and oxygen atoms in total. The van der Waals surface area contributed by atoms with Gasteiger partial charge in [-0.15, -0.1) is 10.2 Å². The van der Waals surface area contributed by atoms with Crippen LogP contribution in [0.1, 0.15) is 6.42 Å². The summed E-state index contributed by atoms with van der Waals surface area (Å²) in [6.45, 7) is 1.24. The first-order valence-electron chi connectivity index (χ1n) is 6.57. The first-order valence-corrected chi connectivity index (χ1v) is 7.55. The molecule has 2 rings (SSSR count). The Balaban J connectivity index is 1.77. The summed E-state index contributed by atoms with van der Waals surface area (Å²) < 4.78 is 10.4. The van der Waals surface area contributed by atoms with Gasteiger partial charge >= 0.3 is 0 Å². The van der Waals surface area contributed by atoms with Gasteiger partial charge in [0.15, 0.2) is 0 Å². The third-order valence-electron chi connectivity index (χ3n) is 2.60. The van der Waals surface area contributed by atoms with Gasteiger partial charge in [-0.25, -0.2) is 0 Å². The summed E-state index contributed by atoms with van der Waals surface area (Å²) in [5.41, 5.74) is 0.862. The summed E-state index contributed by atoms with van der Waals surface area (Å²) in [7, 11) is 1.64. The lowest BCUT2D eigenvalue weighted by molar-refractivity contribution is -0.118. The normalized spacial score (nSPS) is 10.5. The number of aromatic nitrogens is 2. The van der Waals surface area contributed by atoms with E-state index in [0.717, 1.165) is 12.0 Å². The van der Waals surface area contributed by atoms with Gasteiger partial charge in [0.2, 0.25) is 11.8 Å². The Hall–Kier alpha value is -1.86. The molecule has 0 aliphatic heterocycles. The number of rotatable bonds is 8. The van der Waals surface area contributed by atoms with Crippen molar-refractivity contribution < 1.29 is 13.9 Å². The molecule has 0 spiro atoms. The molecule has 0 saturated heterocycles. The van der Waals surface area contributed by atoms with E-state index < -0.39 is 0 Å². The smallest absolute Gasteiger partial charge is 0.277 e. The minimum atomic E-state index is -0.0597. The monoisotopic (exact) mass is 307 g/mol. The van der Waals surface area contributed by atoms with Crippen molar-refractivity contribution in [3.8, 4) is 11.5 Å². The number of carbonyl (C=O) groups is 1. The number of hydrogen-bond acceptors (Lipinski definition) is 6. The van der Waals surface area contributed by atoms with Crippen LogP contribution in [-0.2, 0) is 9.53 Å². The van der Waals surface area contributed by atoms with Crippen LogP contribution >= 0.6 is 11.8 Å². The third-order valence-corrected chi connectivity index (χ3v) is 3.42. The molecule has 0 saturated carbocycles. The fourth-order valence-corrected chi connectivity index (χ4v) is 2.18. The number of thioether (sulfide) groups is 1. The van der Waals surface area contributed by atoms with Crippen molar-refractivity contribution in [3.05, 3.63) is 30.3 Å². The maximum Gasteiger partial charge on any atom is 0.277 e. The molecule has 1 heterocycles. The Bertz CT molecular complexity index is 560. The van der Waals surface area contributed by atoms with Crippen LogP contribution in [0.3, 0.4) is 0 Å². The van der Waals surface area contributed by atoms with Crippen LogP contribution in [0, 0.1) is 0 Å². The molecule has 21 heavy (non-hydrogen) atoms. The van der Waals surface area contributed by atoms with E-state index >= 15 is 0 Å². The van der Waals surface area contributed by atoms with Crippen molar-refractivity contribution in [1.29, 1.82) is 0 Å².